The molecule has 1 aromatic heterocycles. The molecule has 1 heterocycles. The number of hydrogen-bond acceptors (Lipinski definition) is 4. The van der Waals surface area contributed by atoms with Crippen LogP contribution in [0.15, 0.2) is 47.4 Å². The standard InChI is InChI=1S/C21H21ClN2O4/c1-28-19-5-3-2-4-13(19)7-9-23-17-11-15-18(10-14(17)6-8-22)24-12-16(20(15)25)21(26)27/h2-5,10-12,23H,6-9H2,1H3,(H,24,25)(H,26,27). The number of halogens is 1. The zero-order chi connectivity index (χ0) is 20.1. The SMILES string of the molecule is COc1ccccc1CCNc1cc2c(=O)c(C(=O)O)c[nH]c2cc1CCCl. The van der Waals surface area contributed by atoms with Gasteiger partial charge in [-0.2, -0.15) is 0 Å². The number of pyridine rings is 1. The van der Waals surface area contributed by atoms with E-state index < -0.39 is 11.4 Å². The molecule has 0 atom stereocenters. The molecule has 0 amide bonds. The number of rotatable bonds is 8. The van der Waals surface area contributed by atoms with E-state index in [2.05, 4.69) is 10.3 Å². The molecule has 0 aliphatic rings. The number of ether oxygens (including phenoxy) is 1. The summed E-state index contributed by atoms with van der Waals surface area (Å²) in [6.45, 7) is 0.623. The second-order valence-electron chi connectivity index (χ2n) is 6.32. The van der Waals surface area contributed by atoms with Gasteiger partial charge in [-0.1, -0.05) is 18.2 Å². The molecule has 0 unspecified atom stereocenters. The van der Waals surface area contributed by atoms with Crippen molar-refractivity contribution in [2.75, 3.05) is 24.9 Å². The third-order valence-electron chi connectivity index (χ3n) is 4.60. The Morgan fingerprint density at radius 2 is 2.00 bits per heavy atom. The highest BCUT2D eigenvalue weighted by molar-refractivity contribution is 6.18. The smallest absolute Gasteiger partial charge is 0.341 e. The van der Waals surface area contributed by atoms with E-state index in [1.165, 1.54) is 6.20 Å². The van der Waals surface area contributed by atoms with Crippen LogP contribution < -0.4 is 15.5 Å². The monoisotopic (exact) mass is 400 g/mol. The Bertz CT molecular complexity index is 1060. The van der Waals surface area contributed by atoms with Crippen molar-refractivity contribution in [2.24, 2.45) is 0 Å². The zero-order valence-electron chi connectivity index (χ0n) is 15.4. The second-order valence-corrected chi connectivity index (χ2v) is 6.70. The number of aromatic amines is 1. The fourth-order valence-corrected chi connectivity index (χ4v) is 3.39. The molecule has 0 saturated heterocycles. The highest BCUT2D eigenvalue weighted by Gasteiger charge is 2.14. The maximum atomic E-state index is 12.5. The molecule has 146 valence electrons. The van der Waals surface area contributed by atoms with Crippen LogP contribution in [0.3, 0.4) is 0 Å². The Labute approximate surface area is 167 Å². The molecule has 0 aliphatic carbocycles. The van der Waals surface area contributed by atoms with Crippen molar-refractivity contribution in [3.05, 3.63) is 69.5 Å². The average molecular weight is 401 g/mol. The maximum Gasteiger partial charge on any atom is 0.341 e. The number of carbonyl (C=O) groups is 1. The summed E-state index contributed by atoms with van der Waals surface area (Å²) in [6.07, 6.45) is 2.58. The van der Waals surface area contributed by atoms with Crippen LogP contribution in [0.1, 0.15) is 21.5 Å². The molecule has 0 bridgehead atoms. The summed E-state index contributed by atoms with van der Waals surface area (Å²) < 4.78 is 5.37. The van der Waals surface area contributed by atoms with Crippen molar-refractivity contribution in [2.45, 2.75) is 12.8 Å². The summed E-state index contributed by atoms with van der Waals surface area (Å²) in [4.78, 5) is 26.6. The van der Waals surface area contributed by atoms with E-state index in [-0.39, 0.29) is 5.56 Å². The number of carboxylic acid groups (broad SMARTS) is 1. The first kappa shape index (κ1) is 19.8. The minimum absolute atomic E-state index is 0.280. The molecule has 0 saturated carbocycles. The summed E-state index contributed by atoms with van der Waals surface area (Å²) >= 11 is 5.93. The number of alkyl halides is 1. The fraction of sp³-hybridized carbons (Fsp3) is 0.238. The molecule has 6 nitrogen and oxygen atoms in total. The molecule has 0 aliphatic heterocycles. The molecule has 0 radical (unpaired) electrons. The van der Waals surface area contributed by atoms with E-state index in [1.807, 2.05) is 30.3 Å². The number of methoxy groups -OCH3 is 1. The Hall–Kier alpha value is -2.99. The maximum absolute atomic E-state index is 12.5. The van der Waals surface area contributed by atoms with Gasteiger partial charge in [0.1, 0.15) is 11.3 Å². The van der Waals surface area contributed by atoms with Gasteiger partial charge in [-0.25, -0.2) is 4.79 Å². The summed E-state index contributed by atoms with van der Waals surface area (Å²) in [5.41, 5.74) is 2.61. The van der Waals surface area contributed by atoms with Crippen LogP contribution in [0.2, 0.25) is 0 Å². The Morgan fingerprint density at radius 1 is 1.21 bits per heavy atom. The molecule has 2 aromatic carbocycles. The summed E-state index contributed by atoms with van der Waals surface area (Å²) in [7, 11) is 1.64. The number of nitrogens with one attached hydrogen (secondary N) is 2. The third-order valence-corrected chi connectivity index (χ3v) is 4.79. The van der Waals surface area contributed by atoms with E-state index in [0.29, 0.717) is 29.7 Å². The van der Waals surface area contributed by atoms with Gasteiger partial charge >= 0.3 is 5.97 Å². The van der Waals surface area contributed by atoms with E-state index in [0.717, 1.165) is 29.0 Å². The van der Waals surface area contributed by atoms with Gasteiger partial charge < -0.3 is 20.1 Å². The highest BCUT2D eigenvalue weighted by atomic mass is 35.5. The Kier molecular flexibility index (Phi) is 6.21. The molecule has 0 fully saturated rings. The lowest BCUT2D eigenvalue weighted by atomic mass is 10.0. The molecule has 7 heteroatoms. The molecule has 0 spiro atoms. The number of fused-ring (bicyclic) bond motifs is 1. The molecular formula is C21H21ClN2O4. The lowest BCUT2D eigenvalue weighted by Crippen LogP contribution is -2.16. The van der Waals surface area contributed by atoms with Crippen molar-refractivity contribution in [1.29, 1.82) is 0 Å². The quantitative estimate of drug-likeness (QED) is 0.502. The number of hydrogen-bond donors (Lipinski definition) is 3. The number of para-hydroxylation sites is 1. The third kappa shape index (κ3) is 4.12. The number of aromatic nitrogens is 1. The normalized spacial score (nSPS) is 10.8. The van der Waals surface area contributed by atoms with Gasteiger partial charge in [-0.05, 0) is 42.2 Å². The van der Waals surface area contributed by atoms with Crippen molar-refractivity contribution in [1.82, 2.24) is 4.98 Å². The number of carboxylic acids is 1. The number of anilines is 1. The van der Waals surface area contributed by atoms with Crippen molar-refractivity contribution in [3.8, 4) is 5.75 Å². The van der Waals surface area contributed by atoms with Crippen LogP contribution in [-0.2, 0) is 12.8 Å². The predicted octanol–water partition coefficient (Wildman–Crippen LogP) is 3.67. The fourth-order valence-electron chi connectivity index (χ4n) is 3.19. The minimum Gasteiger partial charge on any atom is -0.496 e. The lowest BCUT2D eigenvalue weighted by Gasteiger charge is -2.14. The number of aromatic carboxylic acids is 1. The topological polar surface area (TPSA) is 91.4 Å². The first-order valence-electron chi connectivity index (χ1n) is 8.88. The van der Waals surface area contributed by atoms with Crippen LogP contribution in [0.5, 0.6) is 5.75 Å². The second kappa shape index (κ2) is 8.80. The largest absolute Gasteiger partial charge is 0.496 e. The van der Waals surface area contributed by atoms with E-state index in [9.17, 15) is 14.7 Å². The minimum atomic E-state index is -1.25. The molecule has 3 N–H and O–H groups in total. The lowest BCUT2D eigenvalue weighted by molar-refractivity contribution is 0.0695. The van der Waals surface area contributed by atoms with E-state index >= 15 is 0 Å². The number of H-pyrrole nitrogens is 1. The summed E-state index contributed by atoms with van der Waals surface area (Å²) in [6, 6.07) is 11.3. The van der Waals surface area contributed by atoms with Crippen LogP contribution in [0.25, 0.3) is 10.9 Å². The summed E-state index contributed by atoms with van der Waals surface area (Å²) in [5, 5.41) is 12.9. The van der Waals surface area contributed by atoms with Crippen molar-refractivity contribution in [3.63, 3.8) is 0 Å². The predicted molar refractivity (Wildman–Crippen MR) is 111 cm³/mol. The average Bonchev–Trinajstić information content (AvgIpc) is 2.69. The van der Waals surface area contributed by atoms with E-state index in [4.69, 9.17) is 16.3 Å². The summed E-state index contributed by atoms with van der Waals surface area (Å²) in [5.74, 6) is 0.00874. The van der Waals surface area contributed by atoms with Gasteiger partial charge in [-0.3, -0.25) is 4.79 Å². The van der Waals surface area contributed by atoms with Gasteiger partial charge in [0, 0.05) is 35.2 Å². The van der Waals surface area contributed by atoms with E-state index in [1.54, 1.807) is 13.2 Å². The van der Waals surface area contributed by atoms with Gasteiger partial charge in [0.05, 0.1) is 7.11 Å². The Balaban J connectivity index is 1.91. The van der Waals surface area contributed by atoms with Crippen LogP contribution in [0, 0.1) is 0 Å². The molecule has 28 heavy (non-hydrogen) atoms. The first-order chi connectivity index (χ1) is 13.5. The van der Waals surface area contributed by atoms with Gasteiger partial charge in [0.25, 0.3) is 0 Å². The molecule has 3 aromatic rings. The highest BCUT2D eigenvalue weighted by Crippen LogP contribution is 2.23. The van der Waals surface area contributed by atoms with Crippen LogP contribution in [-0.4, -0.2) is 35.6 Å². The first-order valence-corrected chi connectivity index (χ1v) is 9.42. The van der Waals surface area contributed by atoms with Crippen molar-refractivity contribution >= 4 is 34.2 Å². The molecule has 3 rings (SSSR count). The van der Waals surface area contributed by atoms with Gasteiger partial charge in [0.15, 0.2) is 0 Å². The van der Waals surface area contributed by atoms with Crippen LogP contribution in [0.4, 0.5) is 5.69 Å². The van der Waals surface area contributed by atoms with Crippen molar-refractivity contribution < 1.29 is 14.6 Å². The zero-order valence-corrected chi connectivity index (χ0v) is 16.2. The van der Waals surface area contributed by atoms with Crippen LogP contribution >= 0.6 is 11.6 Å². The molecular weight excluding hydrogens is 380 g/mol. The number of aryl methyl sites for hydroxylation is 1. The van der Waals surface area contributed by atoms with Gasteiger partial charge in [0.2, 0.25) is 5.43 Å². The number of benzene rings is 2. The van der Waals surface area contributed by atoms with Gasteiger partial charge in [-0.15, -0.1) is 11.6 Å². The Morgan fingerprint density at radius 3 is 2.71 bits per heavy atom.